The Morgan fingerprint density at radius 3 is 2.30 bits per heavy atom. The molecular formula is C20H19NO2. The Morgan fingerprint density at radius 1 is 0.826 bits per heavy atom. The van der Waals surface area contributed by atoms with Crippen LogP contribution in [0.3, 0.4) is 0 Å². The van der Waals surface area contributed by atoms with E-state index in [1.54, 1.807) is 0 Å². The van der Waals surface area contributed by atoms with Crippen molar-refractivity contribution in [2.24, 2.45) is 0 Å². The number of hydrogen-bond acceptors (Lipinski definition) is 2. The monoisotopic (exact) mass is 305 g/mol. The van der Waals surface area contributed by atoms with E-state index in [1.165, 1.54) is 0 Å². The summed E-state index contributed by atoms with van der Waals surface area (Å²) in [5.74, 6) is -0.0194. The van der Waals surface area contributed by atoms with Gasteiger partial charge in [0.2, 0.25) is 5.91 Å². The van der Waals surface area contributed by atoms with E-state index < -0.39 is 0 Å². The van der Waals surface area contributed by atoms with Crippen LogP contribution in [-0.4, -0.2) is 11.0 Å². The molecule has 0 bridgehead atoms. The molecule has 3 aromatic rings. The summed E-state index contributed by atoms with van der Waals surface area (Å²) >= 11 is 0. The predicted octanol–water partition coefficient (Wildman–Crippen LogP) is 3.19. The Kier molecular flexibility index (Phi) is 4.69. The van der Waals surface area contributed by atoms with Gasteiger partial charge in [0, 0.05) is 6.54 Å². The van der Waals surface area contributed by atoms with Crippen molar-refractivity contribution in [3.8, 4) is 0 Å². The van der Waals surface area contributed by atoms with Crippen LogP contribution in [-0.2, 0) is 24.4 Å². The molecule has 0 aliphatic heterocycles. The summed E-state index contributed by atoms with van der Waals surface area (Å²) in [5, 5.41) is 14.5. The number of aliphatic hydroxyl groups excluding tert-OH is 1. The van der Waals surface area contributed by atoms with Gasteiger partial charge in [-0.1, -0.05) is 66.7 Å². The maximum Gasteiger partial charge on any atom is 0.224 e. The second-order valence-corrected chi connectivity index (χ2v) is 5.52. The van der Waals surface area contributed by atoms with Crippen molar-refractivity contribution < 1.29 is 9.90 Å². The van der Waals surface area contributed by atoms with Crippen molar-refractivity contribution in [1.29, 1.82) is 0 Å². The fourth-order valence-corrected chi connectivity index (χ4v) is 2.76. The number of nitrogens with one attached hydrogen (secondary N) is 1. The van der Waals surface area contributed by atoms with Gasteiger partial charge >= 0.3 is 0 Å². The molecule has 3 nitrogen and oxygen atoms in total. The normalized spacial score (nSPS) is 10.7. The van der Waals surface area contributed by atoms with E-state index in [9.17, 15) is 9.90 Å². The van der Waals surface area contributed by atoms with Gasteiger partial charge in [0.15, 0.2) is 0 Å². The van der Waals surface area contributed by atoms with Crippen molar-refractivity contribution in [3.63, 3.8) is 0 Å². The maximum atomic E-state index is 12.3. The van der Waals surface area contributed by atoms with Crippen LogP contribution in [0, 0.1) is 0 Å². The molecule has 23 heavy (non-hydrogen) atoms. The highest BCUT2D eigenvalue weighted by Gasteiger charge is 2.08. The van der Waals surface area contributed by atoms with Crippen LogP contribution in [0.1, 0.15) is 16.7 Å². The van der Waals surface area contributed by atoms with E-state index >= 15 is 0 Å². The summed E-state index contributed by atoms with van der Waals surface area (Å²) < 4.78 is 0. The van der Waals surface area contributed by atoms with Crippen molar-refractivity contribution in [1.82, 2.24) is 5.32 Å². The summed E-state index contributed by atoms with van der Waals surface area (Å²) in [5.41, 5.74) is 2.82. The molecule has 3 heteroatoms. The second-order valence-electron chi connectivity index (χ2n) is 5.52. The van der Waals surface area contributed by atoms with E-state index in [4.69, 9.17) is 0 Å². The molecule has 0 saturated carbocycles. The minimum absolute atomic E-state index is 0.0185. The third kappa shape index (κ3) is 3.58. The Labute approximate surface area is 135 Å². The lowest BCUT2D eigenvalue weighted by molar-refractivity contribution is -0.120. The Bertz CT molecular complexity index is 821. The average molecular weight is 305 g/mol. The quantitative estimate of drug-likeness (QED) is 0.760. The smallest absolute Gasteiger partial charge is 0.224 e. The molecule has 0 radical (unpaired) electrons. The third-order valence-electron chi connectivity index (χ3n) is 4.00. The number of benzene rings is 3. The first kappa shape index (κ1) is 15.3. The van der Waals surface area contributed by atoms with Crippen LogP contribution in [0.5, 0.6) is 0 Å². The van der Waals surface area contributed by atoms with E-state index in [1.807, 2.05) is 66.7 Å². The highest BCUT2D eigenvalue weighted by molar-refractivity contribution is 5.90. The summed E-state index contributed by atoms with van der Waals surface area (Å²) in [4.78, 5) is 12.3. The van der Waals surface area contributed by atoms with E-state index in [0.29, 0.717) is 13.0 Å². The Balaban J connectivity index is 1.69. The van der Waals surface area contributed by atoms with Crippen molar-refractivity contribution >= 4 is 16.7 Å². The third-order valence-corrected chi connectivity index (χ3v) is 4.00. The fraction of sp³-hybridized carbons (Fsp3) is 0.150. The molecule has 0 unspecified atom stereocenters. The lowest BCUT2D eigenvalue weighted by Gasteiger charge is -2.10. The minimum Gasteiger partial charge on any atom is -0.392 e. The van der Waals surface area contributed by atoms with Gasteiger partial charge in [0.05, 0.1) is 13.0 Å². The second kappa shape index (κ2) is 7.07. The standard InChI is InChI=1S/C20H19NO2/c22-14-18-8-2-1-7-17(18)13-21-20(23)12-16-10-5-9-15-6-3-4-11-19(15)16/h1-11,22H,12-14H2,(H,21,23). The molecule has 0 aliphatic carbocycles. The molecule has 0 aliphatic rings. The highest BCUT2D eigenvalue weighted by Crippen LogP contribution is 2.19. The molecule has 2 N–H and O–H groups in total. The molecule has 116 valence electrons. The molecule has 0 fully saturated rings. The van der Waals surface area contributed by atoms with E-state index in [2.05, 4.69) is 5.32 Å². The summed E-state index contributed by atoms with van der Waals surface area (Å²) in [6.45, 7) is 0.412. The largest absolute Gasteiger partial charge is 0.392 e. The van der Waals surface area contributed by atoms with E-state index in [0.717, 1.165) is 27.5 Å². The molecular weight excluding hydrogens is 286 g/mol. The first-order chi connectivity index (χ1) is 11.3. The number of fused-ring (bicyclic) bond motifs is 1. The average Bonchev–Trinajstić information content (AvgIpc) is 2.60. The van der Waals surface area contributed by atoms with Gasteiger partial charge in [-0.05, 0) is 27.5 Å². The SMILES string of the molecule is O=C(Cc1cccc2ccccc12)NCc1ccccc1CO. The van der Waals surface area contributed by atoms with Gasteiger partial charge in [-0.2, -0.15) is 0 Å². The van der Waals surface area contributed by atoms with Gasteiger partial charge < -0.3 is 10.4 Å². The first-order valence-electron chi connectivity index (χ1n) is 7.69. The van der Waals surface area contributed by atoms with Gasteiger partial charge in [0.25, 0.3) is 0 Å². The number of hydrogen-bond donors (Lipinski definition) is 2. The van der Waals surface area contributed by atoms with Gasteiger partial charge in [-0.3, -0.25) is 4.79 Å². The first-order valence-corrected chi connectivity index (χ1v) is 7.69. The zero-order valence-electron chi connectivity index (χ0n) is 12.8. The Hall–Kier alpha value is -2.65. The Morgan fingerprint density at radius 2 is 1.48 bits per heavy atom. The lowest BCUT2D eigenvalue weighted by Crippen LogP contribution is -2.25. The topological polar surface area (TPSA) is 49.3 Å². The van der Waals surface area contributed by atoms with Gasteiger partial charge in [0.1, 0.15) is 0 Å². The molecule has 1 amide bonds. The van der Waals surface area contributed by atoms with Crippen LogP contribution >= 0.6 is 0 Å². The van der Waals surface area contributed by atoms with Crippen molar-refractivity contribution in [2.45, 2.75) is 19.6 Å². The molecule has 3 aromatic carbocycles. The predicted molar refractivity (Wildman–Crippen MR) is 91.9 cm³/mol. The summed E-state index contributed by atoms with van der Waals surface area (Å²) in [6.07, 6.45) is 0.350. The van der Waals surface area contributed by atoms with Crippen LogP contribution in [0.4, 0.5) is 0 Å². The maximum absolute atomic E-state index is 12.3. The summed E-state index contributed by atoms with van der Waals surface area (Å²) in [6, 6.07) is 21.7. The summed E-state index contributed by atoms with van der Waals surface area (Å²) in [7, 11) is 0. The van der Waals surface area contributed by atoms with E-state index in [-0.39, 0.29) is 12.5 Å². The minimum atomic E-state index is -0.0194. The highest BCUT2D eigenvalue weighted by atomic mass is 16.3. The van der Waals surface area contributed by atoms with Crippen molar-refractivity contribution in [2.75, 3.05) is 0 Å². The number of aliphatic hydroxyl groups is 1. The van der Waals surface area contributed by atoms with Gasteiger partial charge in [-0.15, -0.1) is 0 Å². The van der Waals surface area contributed by atoms with Crippen LogP contribution in [0.2, 0.25) is 0 Å². The lowest BCUT2D eigenvalue weighted by atomic mass is 10.0. The molecule has 0 aromatic heterocycles. The molecule has 3 rings (SSSR count). The number of rotatable bonds is 5. The zero-order valence-corrected chi connectivity index (χ0v) is 12.8. The molecule has 0 spiro atoms. The van der Waals surface area contributed by atoms with Crippen LogP contribution < -0.4 is 5.32 Å². The van der Waals surface area contributed by atoms with Crippen molar-refractivity contribution in [3.05, 3.63) is 83.4 Å². The van der Waals surface area contributed by atoms with Gasteiger partial charge in [-0.25, -0.2) is 0 Å². The number of carbonyl (C=O) groups is 1. The van der Waals surface area contributed by atoms with Crippen LogP contribution in [0.15, 0.2) is 66.7 Å². The fourth-order valence-electron chi connectivity index (χ4n) is 2.76. The number of carbonyl (C=O) groups excluding carboxylic acids is 1. The molecule has 0 atom stereocenters. The molecule has 0 saturated heterocycles. The molecule has 0 heterocycles. The van der Waals surface area contributed by atoms with Crippen LogP contribution in [0.25, 0.3) is 10.8 Å². The number of amides is 1. The zero-order chi connectivity index (χ0) is 16.1.